The highest BCUT2D eigenvalue weighted by Gasteiger charge is 2.08. The Morgan fingerprint density at radius 1 is 1.14 bits per heavy atom. The topological polar surface area (TPSA) is 32.8 Å². The van der Waals surface area contributed by atoms with E-state index in [1.54, 1.807) is 7.05 Å². The van der Waals surface area contributed by atoms with Crippen LogP contribution in [0.2, 0.25) is 0 Å². The fraction of sp³-hybridized carbons (Fsp3) is 0.562. The molecule has 1 rings (SSSR count). The molecule has 6 heteroatoms. The van der Waals surface area contributed by atoms with Crippen molar-refractivity contribution in [2.45, 2.75) is 19.3 Å². The van der Waals surface area contributed by atoms with Crippen molar-refractivity contribution in [3.05, 3.63) is 29.8 Å². The number of hydroxylamine groups is 2. The van der Waals surface area contributed by atoms with Crippen LogP contribution in [-0.4, -0.2) is 50.0 Å². The van der Waals surface area contributed by atoms with E-state index in [0.717, 1.165) is 31.6 Å². The van der Waals surface area contributed by atoms with Gasteiger partial charge in [0, 0.05) is 44.0 Å². The van der Waals surface area contributed by atoms with Crippen molar-refractivity contribution >= 4 is 34.8 Å². The molecule has 0 aliphatic carbocycles. The first kappa shape index (κ1) is 19.1. The Morgan fingerprint density at radius 2 is 1.73 bits per heavy atom. The molecule has 0 fully saturated rings. The summed E-state index contributed by atoms with van der Waals surface area (Å²) in [6.45, 7) is 1.57. The molecule has 0 saturated heterocycles. The van der Waals surface area contributed by atoms with Gasteiger partial charge in [0.05, 0.1) is 7.11 Å². The van der Waals surface area contributed by atoms with Crippen molar-refractivity contribution in [1.29, 1.82) is 0 Å². The van der Waals surface area contributed by atoms with Gasteiger partial charge in [-0.3, -0.25) is 9.63 Å². The number of alkyl halides is 2. The van der Waals surface area contributed by atoms with Gasteiger partial charge in [-0.2, -0.15) is 0 Å². The van der Waals surface area contributed by atoms with Crippen molar-refractivity contribution in [2.24, 2.45) is 0 Å². The predicted molar refractivity (Wildman–Crippen MR) is 92.8 cm³/mol. The summed E-state index contributed by atoms with van der Waals surface area (Å²) in [7, 11) is 3.11. The molecule has 0 bridgehead atoms. The molecule has 0 unspecified atom stereocenters. The van der Waals surface area contributed by atoms with Crippen LogP contribution in [0.4, 0.5) is 5.69 Å². The zero-order valence-electron chi connectivity index (χ0n) is 13.2. The number of carbonyl (C=O) groups excluding carboxylic acids is 1. The lowest BCUT2D eigenvalue weighted by atomic mass is 10.1. The van der Waals surface area contributed by atoms with Gasteiger partial charge in [-0.1, -0.05) is 12.1 Å². The smallest absolute Gasteiger partial charge is 0.245 e. The van der Waals surface area contributed by atoms with Crippen LogP contribution in [0.15, 0.2) is 24.3 Å². The number of benzene rings is 1. The van der Waals surface area contributed by atoms with Crippen molar-refractivity contribution in [3.63, 3.8) is 0 Å². The molecule has 1 amide bonds. The van der Waals surface area contributed by atoms with E-state index in [1.807, 2.05) is 0 Å². The van der Waals surface area contributed by atoms with Crippen LogP contribution < -0.4 is 4.90 Å². The van der Waals surface area contributed by atoms with E-state index in [2.05, 4.69) is 29.2 Å². The standard InChI is InChI=1S/C16H24Cl2N2O2/c1-19(22-2)16(21)5-3-4-14-6-8-15(9-7-14)20(12-10-17)13-11-18/h6-9H,3-5,10-13H2,1-2H3. The van der Waals surface area contributed by atoms with Gasteiger partial charge in [-0.15, -0.1) is 23.2 Å². The van der Waals surface area contributed by atoms with Crippen molar-refractivity contribution in [2.75, 3.05) is 43.9 Å². The second kappa shape index (κ2) is 10.7. The average molecular weight is 347 g/mol. The molecule has 1 aromatic carbocycles. The highest BCUT2D eigenvalue weighted by atomic mass is 35.5. The molecule has 4 nitrogen and oxygen atoms in total. The molecular weight excluding hydrogens is 323 g/mol. The number of hydrogen-bond donors (Lipinski definition) is 0. The van der Waals surface area contributed by atoms with Crippen molar-refractivity contribution in [1.82, 2.24) is 5.06 Å². The minimum absolute atomic E-state index is 0.00507. The van der Waals surface area contributed by atoms with Crippen LogP contribution in [0.5, 0.6) is 0 Å². The Kier molecular flexibility index (Phi) is 9.28. The summed E-state index contributed by atoms with van der Waals surface area (Å²) in [6, 6.07) is 8.35. The van der Waals surface area contributed by atoms with Crippen molar-refractivity contribution < 1.29 is 9.63 Å². The minimum atomic E-state index is -0.00507. The van der Waals surface area contributed by atoms with Crippen LogP contribution in [0.3, 0.4) is 0 Å². The van der Waals surface area contributed by atoms with Gasteiger partial charge in [0.15, 0.2) is 0 Å². The summed E-state index contributed by atoms with van der Waals surface area (Å²) in [4.78, 5) is 18.6. The molecular formula is C16H24Cl2N2O2. The lowest BCUT2D eigenvalue weighted by Crippen LogP contribution is -2.27. The fourth-order valence-corrected chi connectivity index (χ4v) is 2.56. The highest BCUT2D eigenvalue weighted by molar-refractivity contribution is 6.18. The van der Waals surface area contributed by atoms with E-state index < -0.39 is 0 Å². The second-order valence-electron chi connectivity index (χ2n) is 4.96. The number of carbonyl (C=O) groups is 1. The number of hydrogen-bond acceptors (Lipinski definition) is 3. The third kappa shape index (κ3) is 6.42. The highest BCUT2D eigenvalue weighted by Crippen LogP contribution is 2.17. The summed E-state index contributed by atoms with van der Waals surface area (Å²) in [5, 5.41) is 1.26. The maximum atomic E-state index is 11.6. The number of aryl methyl sites for hydroxylation is 1. The number of rotatable bonds is 10. The molecule has 124 valence electrons. The van der Waals surface area contributed by atoms with Gasteiger partial charge < -0.3 is 4.90 Å². The quantitative estimate of drug-likeness (QED) is 0.481. The number of anilines is 1. The number of nitrogens with zero attached hydrogens (tertiary/aromatic N) is 2. The third-order valence-corrected chi connectivity index (χ3v) is 3.83. The van der Waals surface area contributed by atoms with Crippen LogP contribution in [0.1, 0.15) is 18.4 Å². The van der Waals surface area contributed by atoms with Crippen LogP contribution in [0, 0.1) is 0 Å². The molecule has 0 saturated carbocycles. The lowest BCUT2D eigenvalue weighted by Gasteiger charge is -2.23. The molecule has 0 aromatic heterocycles. The van der Waals surface area contributed by atoms with Crippen LogP contribution >= 0.6 is 23.2 Å². The Hall–Kier alpha value is -0.970. The van der Waals surface area contributed by atoms with Crippen LogP contribution in [0.25, 0.3) is 0 Å². The third-order valence-electron chi connectivity index (χ3n) is 3.49. The van der Waals surface area contributed by atoms with E-state index in [0.29, 0.717) is 18.2 Å². The lowest BCUT2D eigenvalue weighted by molar-refractivity contribution is -0.168. The molecule has 0 spiro atoms. The summed E-state index contributed by atoms with van der Waals surface area (Å²) in [6.07, 6.45) is 2.16. The summed E-state index contributed by atoms with van der Waals surface area (Å²) < 4.78 is 0. The summed E-state index contributed by atoms with van der Waals surface area (Å²) in [5.41, 5.74) is 2.34. The van der Waals surface area contributed by atoms with Gasteiger partial charge in [0.1, 0.15) is 0 Å². The Labute approximate surface area is 142 Å². The van der Waals surface area contributed by atoms with Gasteiger partial charge in [0.25, 0.3) is 0 Å². The largest absolute Gasteiger partial charge is 0.369 e. The molecule has 0 atom stereocenters. The Bertz CT molecular complexity index is 434. The number of halogens is 2. The molecule has 22 heavy (non-hydrogen) atoms. The summed E-state index contributed by atoms with van der Waals surface area (Å²) >= 11 is 11.6. The summed E-state index contributed by atoms with van der Waals surface area (Å²) in [5.74, 6) is 1.15. The van der Waals surface area contributed by atoms with E-state index in [-0.39, 0.29) is 5.91 Å². The molecule has 0 radical (unpaired) electrons. The monoisotopic (exact) mass is 346 g/mol. The molecule has 1 aromatic rings. The maximum Gasteiger partial charge on any atom is 0.245 e. The first-order valence-corrected chi connectivity index (χ1v) is 8.45. The van der Waals surface area contributed by atoms with E-state index in [9.17, 15) is 4.79 Å². The Morgan fingerprint density at radius 3 is 2.23 bits per heavy atom. The van der Waals surface area contributed by atoms with Gasteiger partial charge in [-0.05, 0) is 30.5 Å². The SMILES string of the molecule is CON(C)C(=O)CCCc1ccc(N(CCCl)CCCl)cc1. The molecule has 0 N–H and O–H groups in total. The molecule has 0 aliphatic heterocycles. The molecule has 0 heterocycles. The van der Waals surface area contributed by atoms with Gasteiger partial charge in [-0.25, -0.2) is 5.06 Å². The fourth-order valence-electron chi connectivity index (χ4n) is 2.15. The normalized spacial score (nSPS) is 10.5. The van der Waals surface area contributed by atoms with E-state index >= 15 is 0 Å². The number of amides is 1. The Balaban J connectivity index is 2.49. The van der Waals surface area contributed by atoms with E-state index in [4.69, 9.17) is 28.0 Å². The second-order valence-corrected chi connectivity index (χ2v) is 5.71. The zero-order valence-corrected chi connectivity index (χ0v) is 14.7. The van der Waals surface area contributed by atoms with Gasteiger partial charge >= 0.3 is 0 Å². The zero-order chi connectivity index (χ0) is 16.4. The first-order valence-electron chi connectivity index (χ1n) is 7.38. The van der Waals surface area contributed by atoms with Gasteiger partial charge in [0.2, 0.25) is 5.91 Å². The predicted octanol–water partition coefficient (Wildman–Crippen LogP) is 3.31. The molecule has 0 aliphatic rings. The minimum Gasteiger partial charge on any atom is -0.369 e. The maximum absolute atomic E-state index is 11.6. The first-order chi connectivity index (χ1) is 10.6. The van der Waals surface area contributed by atoms with Crippen LogP contribution in [-0.2, 0) is 16.1 Å². The average Bonchev–Trinajstić information content (AvgIpc) is 2.54. The van der Waals surface area contributed by atoms with Crippen molar-refractivity contribution in [3.8, 4) is 0 Å². The van der Waals surface area contributed by atoms with E-state index in [1.165, 1.54) is 17.7 Å².